The average Bonchev–Trinajstić information content (AvgIpc) is 3.93. The molecule has 0 radical (unpaired) electrons. The summed E-state index contributed by atoms with van der Waals surface area (Å²) in [6.07, 6.45) is 26.7. The minimum Gasteiger partial charge on any atom is -0.657 e. The summed E-state index contributed by atoms with van der Waals surface area (Å²) in [5, 5.41) is 0. The normalized spacial score (nSPS) is 12.9. The minimum absolute atomic E-state index is 0. The van der Waals surface area contributed by atoms with E-state index in [0.29, 0.717) is 0 Å². The van der Waals surface area contributed by atoms with Gasteiger partial charge >= 0.3 is 19.5 Å². The molecule has 12 rings (SSSR count). The molecule has 82 heavy (non-hydrogen) atoms. The third kappa shape index (κ3) is 11.4. The summed E-state index contributed by atoms with van der Waals surface area (Å²) < 4.78 is 0. The maximum Gasteiger partial charge on any atom is 2.00 e. The Bertz CT molecular complexity index is 3920. The largest absolute Gasteiger partial charge is 2.00 e. The van der Waals surface area contributed by atoms with Gasteiger partial charge in [-0.2, -0.15) is 0 Å². The van der Waals surface area contributed by atoms with Gasteiger partial charge in [-0.3, -0.25) is 0 Å². The quantitative estimate of drug-likeness (QED) is 0.0598. The molecule has 0 N–H and O–H groups in total. The number of nitrogens with zero attached hydrogens (tertiary/aromatic N) is 4. The minimum atomic E-state index is 0. The second-order valence-electron chi connectivity index (χ2n) is 23.5. The number of aromatic nitrogens is 4. The molecule has 6 aromatic carbocycles. The van der Waals surface area contributed by atoms with E-state index in [9.17, 15) is 0 Å². The topological polar surface area (TPSA) is 54.0 Å². The molecule has 0 fully saturated rings. The van der Waals surface area contributed by atoms with Gasteiger partial charge in [0.15, 0.2) is 0 Å². The van der Waals surface area contributed by atoms with Crippen molar-refractivity contribution in [3.05, 3.63) is 214 Å². The fourth-order valence-electron chi connectivity index (χ4n) is 13.1. The molecule has 0 amide bonds. The zero-order valence-electron chi connectivity index (χ0n) is 49.2. The zero-order chi connectivity index (χ0) is 55.5. The van der Waals surface area contributed by atoms with Crippen molar-refractivity contribution < 1.29 is 19.5 Å². The Morgan fingerprint density at radius 3 is 1.01 bits per heavy atom. The Labute approximate surface area is 500 Å². The van der Waals surface area contributed by atoms with Crippen LogP contribution in [0.2, 0.25) is 0 Å². The molecule has 8 bridgehead atoms. The van der Waals surface area contributed by atoms with Crippen molar-refractivity contribution in [2.45, 2.75) is 137 Å². The summed E-state index contributed by atoms with van der Waals surface area (Å²) >= 11 is 0. The molecule has 2 aliphatic heterocycles. The molecule has 0 spiro atoms. The van der Waals surface area contributed by atoms with Crippen LogP contribution in [-0.2, 0) is 24.9 Å². The van der Waals surface area contributed by atoms with Crippen molar-refractivity contribution in [3.8, 4) is 66.8 Å². The first kappa shape index (κ1) is 56.4. The Kier molecular flexibility index (Phi) is 17.2. The van der Waals surface area contributed by atoms with Crippen molar-refractivity contribution in [3.63, 3.8) is 0 Å². The van der Waals surface area contributed by atoms with Gasteiger partial charge in [-0.05, 0) is 149 Å². The van der Waals surface area contributed by atoms with Crippen LogP contribution in [0.5, 0.6) is 0 Å². The maximum absolute atomic E-state index is 5.60. The number of aryl methyl sites for hydroxylation is 4. The second-order valence-corrected chi connectivity index (χ2v) is 23.5. The molecule has 0 saturated heterocycles. The van der Waals surface area contributed by atoms with Crippen molar-refractivity contribution in [2.75, 3.05) is 0 Å². The smallest absolute Gasteiger partial charge is 0.657 e. The molecule has 3 aromatic heterocycles. The van der Waals surface area contributed by atoms with E-state index in [1.54, 1.807) is 5.56 Å². The van der Waals surface area contributed by atoms with Crippen LogP contribution in [0.3, 0.4) is 0 Å². The number of rotatable bonds is 19. The first-order valence-corrected chi connectivity index (χ1v) is 30.3. The van der Waals surface area contributed by atoms with Crippen LogP contribution < -0.4 is 9.97 Å². The van der Waals surface area contributed by atoms with Gasteiger partial charge in [0.05, 0.1) is 22.8 Å². The number of fused-ring (bicyclic) bond motifs is 11. The van der Waals surface area contributed by atoms with Gasteiger partial charge in [0.25, 0.3) is 0 Å². The molecular formula is C77H76N4Zn. The van der Waals surface area contributed by atoms with E-state index in [0.717, 1.165) is 89.4 Å². The van der Waals surface area contributed by atoms with Gasteiger partial charge < -0.3 is 9.97 Å². The van der Waals surface area contributed by atoms with Crippen LogP contribution in [0.15, 0.2) is 158 Å². The van der Waals surface area contributed by atoms with E-state index in [2.05, 4.69) is 224 Å². The summed E-state index contributed by atoms with van der Waals surface area (Å²) in [4.78, 5) is 22.2. The average molecular weight is 1120 g/mol. The predicted molar refractivity (Wildman–Crippen MR) is 345 cm³/mol. The Balaban J connectivity index is 0.00000705. The van der Waals surface area contributed by atoms with Crippen LogP contribution in [-0.4, -0.2) is 9.97 Å². The molecule has 5 heteroatoms. The summed E-state index contributed by atoms with van der Waals surface area (Å²) in [5.41, 5.74) is 28.5. The second kappa shape index (κ2) is 25.0. The zero-order valence-corrected chi connectivity index (χ0v) is 52.2. The summed E-state index contributed by atoms with van der Waals surface area (Å²) in [5.74, 6) is 0. The van der Waals surface area contributed by atoms with Gasteiger partial charge in [-0.25, -0.2) is 9.97 Å². The molecule has 406 valence electrons. The van der Waals surface area contributed by atoms with Crippen LogP contribution >= 0.6 is 0 Å². The molecule has 1 aliphatic carbocycles. The molecule has 0 saturated carbocycles. The number of hydrogen-bond donors (Lipinski definition) is 0. The summed E-state index contributed by atoms with van der Waals surface area (Å²) in [6, 6.07) is 58.8. The van der Waals surface area contributed by atoms with Gasteiger partial charge in [0.1, 0.15) is 0 Å². The third-order valence-electron chi connectivity index (χ3n) is 17.6. The fourth-order valence-corrected chi connectivity index (χ4v) is 13.1. The number of benzene rings is 6. The Hall–Kier alpha value is -7.46. The van der Waals surface area contributed by atoms with Gasteiger partial charge in [-0.15, -0.1) is 22.1 Å². The van der Waals surface area contributed by atoms with Gasteiger partial charge in [0, 0.05) is 5.41 Å². The Morgan fingerprint density at radius 1 is 0.317 bits per heavy atom. The predicted octanol–water partition coefficient (Wildman–Crippen LogP) is 21.2. The molecule has 0 atom stereocenters. The number of hydrogen-bond acceptors (Lipinski definition) is 2. The van der Waals surface area contributed by atoms with Crippen LogP contribution in [0, 0.1) is 27.7 Å². The van der Waals surface area contributed by atoms with E-state index in [1.807, 2.05) is 0 Å². The molecule has 0 unspecified atom stereocenters. The molecule has 3 aliphatic rings. The number of unbranched alkanes of at least 4 members (excludes halogenated alkanes) is 10. The monoisotopic (exact) mass is 1120 g/mol. The van der Waals surface area contributed by atoms with Crippen molar-refractivity contribution in [2.24, 2.45) is 0 Å². The fraction of sp³-hybridized carbons (Fsp3) is 0.273. The molecule has 9 aromatic rings. The summed E-state index contributed by atoms with van der Waals surface area (Å²) in [6.45, 7) is 13.3. The van der Waals surface area contributed by atoms with Crippen LogP contribution in [0.1, 0.15) is 160 Å². The van der Waals surface area contributed by atoms with Gasteiger partial charge in [-0.1, -0.05) is 265 Å². The van der Waals surface area contributed by atoms with Crippen LogP contribution in [0.25, 0.3) is 113 Å². The standard InChI is InChI=1S/C77H76N4.Zn/c1-7-9-11-13-15-17-47-77(48-18-16-14-12-10-8-2)63-49-54(6)25-37-61(63)62-38-36-60(50-64(62)77)55-32-34-59(35-33-55)76-71-45-43-69(80-71)74(57-28-21-52(4)22-29-57)67-41-39-65(78-67)73(56-26-19-51(3)20-27-56)66-40-42-68(79-66)75(70-44-46-72(76)81-70)58-30-23-53(5)24-31-58;/h19-46,49-50H,7-18,47-48H2,1-6H3;/q-2;+2. The first-order valence-electron chi connectivity index (χ1n) is 30.3. The van der Waals surface area contributed by atoms with Crippen molar-refractivity contribution >= 4 is 46.4 Å². The SMILES string of the molecule is CCCCCCCCC1(CCCCCCCC)c2cc(C)ccc2-c2ccc(-c3ccc(-c4c5nc(c(-c6ccc(C)cc6)c6ccc([n-]6)c(-c6ccc(C)cc6)c6nc(c(-c7ccc(C)cc7)c7ccc4[n-]7)C=C6)C=C5)cc3)cc21.[Zn+2]. The molecular weight excluding hydrogens is 1050 g/mol. The Morgan fingerprint density at radius 2 is 0.622 bits per heavy atom. The third-order valence-corrected chi connectivity index (χ3v) is 17.6. The van der Waals surface area contributed by atoms with E-state index in [4.69, 9.17) is 19.9 Å². The van der Waals surface area contributed by atoms with E-state index < -0.39 is 0 Å². The van der Waals surface area contributed by atoms with E-state index in [-0.39, 0.29) is 24.9 Å². The molecule has 4 nitrogen and oxygen atoms in total. The summed E-state index contributed by atoms with van der Waals surface area (Å²) in [7, 11) is 0. The molecule has 5 heterocycles. The van der Waals surface area contributed by atoms with Gasteiger partial charge in [0.2, 0.25) is 0 Å². The van der Waals surface area contributed by atoms with Crippen molar-refractivity contribution in [1.82, 2.24) is 19.9 Å². The van der Waals surface area contributed by atoms with E-state index in [1.165, 1.54) is 140 Å². The maximum atomic E-state index is 5.60. The van der Waals surface area contributed by atoms with Crippen LogP contribution in [0.4, 0.5) is 0 Å². The van der Waals surface area contributed by atoms with Crippen molar-refractivity contribution in [1.29, 1.82) is 0 Å². The first-order chi connectivity index (χ1) is 39.7. The van der Waals surface area contributed by atoms with E-state index >= 15 is 0 Å².